The molecule has 2 atom stereocenters. The van der Waals surface area contributed by atoms with Crippen LogP contribution in [0.15, 0.2) is 29.2 Å². The molecular weight excluding hydrogens is 396 g/mol. The van der Waals surface area contributed by atoms with Crippen LogP contribution in [0.3, 0.4) is 0 Å². The highest BCUT2D eigenvalue weighted by atomic mass is 32.2. The van der Waals surface area contributed by atoms with E-state index in [0.717, 1.165) is 19.3 Å². The predicted octanol–water partition coefficient (Wildman–Crippen LogP) is 2.00. The normalized spacial score (nSPS) is 25.3. The van der Waals surface area contributed by atoms with Crippen molar-refractivity contribution in [3.05, 3.63) is 29.8 Å². The molecule has 0 spiro atoms. The quantitative estimate of drug-likeness (QED) is 0.748. The first kappa shape index (κ1) is 21.7. The number of carboxylic acids is 1. The number of nitrogens with zero attached hydrogens (tertiary/aromatic N) is 1. The average Bonchev–Trinajstić information content (AvgIpc) is 2.68. The summed E-state index contributed by atoms with van der Waals surface area (Å²) >= 11 is 0. The fourth-order valence-electron chi connectivity index (χ4n) is 4.09. The van der Waals surface area contributed by atoms with Gasteiger partial charge < -0.3 is 15.2 Å². The summed E-state index contributed by atoms with van der Waals surface area (Å²) in [6.07, 6.45) is 2.86. The fourth-order valence-corrected chi connectivity index (χ4v) is 5.68. The van der Waals surface area contributed by atoms with Crippen LogP contribution in [-0.2, 0) is 19.6 Å². The number of carbonyl (C=O) groups is 2. The van der Waals surface area contributed by atoms with Gasteiger partial charge in [0.1, 0.15) is 5.54 Å². The molecule has 0 unspecified atom stereocenters. The lowest BCUT2D eigenvalue weighted by Crippen LogP contribution is -2.55. The third-order valence-electron chi connectivity index (χ3n) is 5.61. The van der Waals surface area contributed by atoms with Gasteiger partial charge in [0.25, 0.3) is 5.91 Å². The number of amides is 1. The van der Waals surface area contributed by atoms with E-state index in [1.165, 1.54) is 28.6 Å². The number of rotatable bonds is 5. The highest BCUT2D eigenvalue weighted by Gasteiger charge is 2.41. The zero-order chi connectivity index (χ0) is 21.2. The molecule has 2 N–H and O–H groups in total. The van der Waals surface area contributed by atoms with E-state index in [9.17, 15) is 23.1 Å². The Bertz CT molecular complexity index is 851. The van der Waals surface area contributed by atoms with Crippen molar-refractivity contribution in [2.24, 2.45) is 0 Å². The number of sulfonamides is 1. The second-order valence-corrected chi connectivity index (χ2v) is 9.94. The summed E-state index contributed by atoms with van der Waals surface area (Å²) in [5.74, 6) is -1.54. The first-order valence-electron chi connectivity index (χ1n) is 9.96. The Morgan fingerprint density at radius 2 is 1.62 bits per heavy atom. The smallest absolute Gasteiger partial charge is 0.329 e. The molecule has 8 nitrogen and oxygen atoms in total. The van der Waals surface area contributed by atoms with Gasteiger partial charge >= 0.3 is 5.97 Å². The van der Waals surface area contributed by atoms with Crippen LogP contribution in [0, 0.1) is 0 Å². The maximum atomic E-state index is 12.9. The summed E-state index contributed by atoms with van der Waals surface area (Å²) in [6, 6.07) is 5.63. The molecule has 3 rings (SSSR count). The zero-order valence-corrected chi connectivity index (χ0v) is 17.6. The molecule has 2 fully saturated rings. The van der Waals surface area contributed by atoms with E-state index in [1.54, 1.807) is 0 Å². The Balaban J connectivity index is 1.75. The van der Waals surface area contributed by atoms with Crippen LogP contribution in [0.5, 0.6) is 0 Å². The number of carboxylic acid groups (broad SMARTS) is 1. The lowest BCUT2D eigenvalue weighted by atomic mass is 9.81. The summed E-state index contributed by atoms with van der Waals surface area (Å²) in [5, 5.41) is 12.3. The lowest BCUT2D eigenvalue weighted by molar-refractivity contribution is -0.145. The highest BCUT2D eigenvalue weighted by molar-refractivity contribution is 7.89. The molecule has 1 saturated heterocycles. The molecule has 1 aliphatic heterocycles. The standard InChI is InChI=1S/C20H28N2O6S/c1-14-12-22(13-15(2)28-14)29(26,27)17-8-6-16(7-9-17)18(23)21-20(19(24)25)10-4-3-5-11-20/h6-9,14-15H,3-5,10-13H2,1-2H3,(H,21,23)(H,24,25)/t14-,15-/m1/s1. The molecule has 1 aromatic carbocycles. The monoisotopic (exact) mass is 424 g/mol. The van der Waals surface area contributed by atoms with Gasteiger partial charge in [0.15, 0.2) is 0 Å². The zero-order valence-electron chi connectivity index (χ0n) is 16.8. The van der Waals surface area contributed by atoms with E-state index in [0.29, 0.717) is 12.8 Å². The SMILES string of the molecule is C[C@@H]1CN(S(=O)(=O)c2ccc(C(=O)NC3(C(=O)O)CCCCC3)cc2)C[C@@H](C)O1. The highest BCUT2D eigenvalue weighted by Crippen LogP contribution is 2.29. The molecule has 1 aliphatic carbocycles. The van der Waals surface area contributed by atoms with Gasteiger partial charge in [0.2, 0.25) is 10.0 Å². The van der Waals surface area contributed by atoms with Gasteiger partial charge in [-0.05, 0) is 51.0 Å². The third kappa shape index (κ3) is 4.62. The van der Waals surface area contributed by atoms with Crippen molar-refractivity contribution >= 4 is 21.9 Å². The molecule has 2 aliphatic rings. The Kier molecular flexibility index (Phi) is 6.30. The summed E-state index contributed by atoms with van der Waals surface area (Å²) in [4.78, 5) is 24.5. The first-order valence-corrected chi connectivity index (χ1v) is 11.4. The number of aliphatic carboxylic acids is 1. The molecule has 0 radical (unpaired) electrons. The van der Waals surface area contributed by atoms with Gasteiger partial charge in [-0.25, -0.2) is 13.2 Å². The Morgan fingerprint density at radius 3 is 2.14 bits per heavy atom. The Morgan fingerprint density at radius 1 is 1.07 bits per heavy atom. The number of nitrogens with one attached hydrogen (secondary N) is 1. The van der Waals surface area contributed by atoms with E-state index in [4.69, 9.17) is 4.74 Å². The van der Waals surface area contributed by atoms with E-state index in [-0.39, 0.29) is 35.8 Å². The minimum atomic E-state index is -3.70. The summed E-state index contributed by atoms with van der Waals surface area (Å²) < 4.78 is 32.8. The second kappa shape index (κ2) is 8.41. The van der Waals surface area contributed by atoms with Crippen molar-refractivity contribution in [3.8, 4) is 0 Å². The lowest BCUT2D eigenvalue weighted by Gasteiger charge is -2.34. The van der Waals surface area contributed by atoms with Crippen molar-refractivity contribution in [2.45, 2.75) is 68.6 Å². The Hall–Kier alpha value is -1.97. The first-order chi connectivity index (χ1) is 13.6. The number of hydrogen-bond acceptors (Lipinski definition) is 5. The summed E-state index contributed by atoms with van der Waals surface area (Å²) in [6.45, 7) is 4.20. The van der Waals surface area contributed by atoms with Crippen LogP contribution in [0.1, 0.15) is 56.3 Å². The van der Waals surface area contributed by atoms with Crippen LogP contribution in [0.25, 0.3) is 0 Å². The number of benzene rings is 1. The topological polar surface area (TPSA) is 113 Å². The molecular formula is C20H28N2O6S. The second-order valence-electron chi connectivity index (χ2n) is 8.01. The average molecular weight is 425 g/mol. The van der Waals surface area contributed by atoms with Gasteiger partial charge in [0, 0.05) is 18.7 Å². The van der Waals surface area contributed by atoms with Crippen molar-refractivity contribution in [1.82, 2.24) is 9.62 Å². The minimum Gasteiger partial charge on any atom is -0.480 e. The number of carbonyl (C=O) groups excluding carboxylic acids is 1. The maximum absolute atomic E-state index is 12.9. The van der Waals surface area contributed by atoms with Crippen LogP contribution >= 0.6 is 0 Å². The molecule has 1 saturated carbocycles. The van der Waals surface area contributed by atoms with Gasteiger partial charge in [-0.3, -0.25) is 4.79 Å². The van der Waals surface area contributed by atoms with Gasteiger partial charge in [0.05, 0.1) is 17.1 Å². The molecule has 0 bridgehead atoms. The van der Waals surface area contributed by atoms with E-state index in [2.05, 4.69) is 5.32 Å². The molecule has 1 heterocycles. The predicted molar refractivity (Wildman–Crippen MR) is 106 cm³/mol. The third-order valence-corrected chi connectivity index (χ3v) is 7.46. The Labute approximate surface area is 171 Å². The van der Waals surface area contributed by atoms with E-state index in [1.807, 2.05) is 13.8 Å². The fraction of sp³-hybridized carbons (Fsp3) is 0.600. The summed E-state index contributed by atoms with van der Waals surface area (Å²) in [7, 11) is -3.70. The molecule has 29 heavy (non-hydrogen) atoms. The summed E-state index contributed by atoms with van der Waals surface area (Å²) in [5.41, 5.74) is -1.01. The van der Waals surface area contributed by atoms with Crippen molar-refractivity contribution in [1.29, 1.82) is 0 Å². The van der Waals surface area contributed by atoms with E-state index < -0.39 is 27.4 Å². The van der Waals surface area contributed by atoms with Crippen molar-refractivity contribution < 1.29 is 27.9 Å². The van der Waals surface area contributed by atoms with Gasteiger partial charge in [-0.15, -0.1) is 0 Å². The maximum Gasteiger partial charge on any atom is 0.329 e. The van der Waals surface area contributed by atoms with Gasteiger partial charge in [-0.1, -0.05) is 19.3 Å². The molecule has 1 amide bonds. The molecule has 1 aromatic rings. The van der Waals surface area contributed by atoms with Crippen molar-refractivity contribution in [3.63, 3.8) is 0 Å². The van der Waals surface area contributed by atoms with Gasteiger partial charge in [-0.2, -0.15) is 4.31 Å². The molecule has 0 aromatic heterocycles. The van der Waals surface area contributed by atoms with Crippen LogP contribution in [0.4, 0.5) is 0 Å². The van der Waals surface area contributed by atoms with Crippen LogP contribution in [0.2, 0.25) is 0 Å². The minimum absolute atomic E-state index is 0.0981. The van der Waals surface area contributed by atoms with Crippen LogP contribution in [-0.4, -0.2) is 60.5 Å². The van der Waals surface area contributed by atoms with Crippen LogP contribution < -0.4 is 5.32 Å². The van der Waals surface area contributed by atoms with E-state index >= 15 is 0 Å². The molecule has 160 valence electrons. The number of hydrogen-bond donors (Lipinski definition) is 2. The molecule has 9 heteroatoms. The number of morpholine rings is 1. The number of ether oxygens (including phenoxy) is 1. The largest absolute Gasteiger partial charge is 0.480 e. The van der Waals surface area contributed by atoms with Crippen molar-refractivity contribution in [2.75, 3.05) is 13.1 Å².